The number of nitrogens with one attached hydrogen (secondary N) is 1. The summed E-state index contributed by atoms with van der Waals surface area (Å²) in [5.74, 6) is 1.51. The van der Waals surface area contributed by atoms with Crippen LogP contribution >= 0.6 is 0 Å². The van der Waals surface area contributed by atoms with E-state index >= 15 is 0 Å². The number of benzene rings is 1. The molecule has 0 radical (unpaired) electrons. The van der Waals surface area contributed by atoms with Crippen LogP contribution in [-0.4, -0.2) is 11.0 Å². The smallest absolute Gasteiger partial charge is 0.219 e. The molecule has 0 fully saturated rings. The molecule has 106 valence electrons. The van der Waals surface area contributed by atoms with Gasteiger partial charge in [-0.2, -0.15) is 0 Å². The molecular formula is C17H22N2O. The Kier molecular flexibility index (Phi) is 4.74. The molecule has 0 aliphatic rings. The first kappa shape index (κ1) is 14.5. The summed E-state index contributed by atoms with van der Waals surface area (Å²) >= 11 is 0. The topological polar surface area (TPSA) is 34.1 Å². The molecule has 0 amide bonds. The maximum absolute atomic E-state index is 5.90. The second-order valence-electron chi connectivity index (χ2n) is 5.36. The van der Waals surface area contributed by atoms with Crippen molar-refractivity contribution in [3.63, 3.8) is 0 Å². The van der Waals surface area contributed by atoms with Crippen LogP contribution in [0.3, 0.4) is 0 Å². The van der Waals surface area contributed by atoms with Gasteiger partial charge in [0.05, 0.1) is 0 Å². The van der Waals surface area contributed by atoms with Crippen molar-refractivity contribution in [3.05, 3.63) is 53.2 Å². The number of nitrogens with zero attached hydrogens (tertiary/aromatic N) is 1. The van der Waals surface area contributed by atoms with Gasteiger partial charge < -0.3 is 10.1 Å². The summed E-state index contributed by atoms with van der Waals surface area (Å²) in [6.07, 6.45) is 0. The van der Waals surface area contributed by atoms with Gasteiger partial charge in [-0.05, 0) is 37.1 Å². The van der Waals surface area contributed by atoms with E-state index in [1.807, 2.05) is 44.2 Å². The summed E-state index contributed by atoms with van der Waals surface area (Å²) in [4.78, 5) is 4.45. The Bertz CT molecular complexity index is 579. The van der Waals surface area contributed by atoms with Crippen LogP contribution in [-0.2, 0) is 6.54 Å². The number of aromatic nitrogens is 1. The van der Waals surface area contributed by atoms with E-state index in [0.29, 0.717) is 11.9 Å². The van der Waals surface area contributed by atoms with Gasteiger partial charge >= 0.3 is 0 Å². The fourth-order valence-corrected chi connectivity index (χ4v) is 1.97. The quantitative estimate of drug-likeness (QED) is 0.892. The minimum atomic E-state index is 0.462. The number of rotatable bonds is 5. The van der Waals surface area contributed by atoms with E-state index in [0.717, 1.165) is 23.6 Å². The standard InChI is InChI=1S/C17H22N2O/c1-12(2)18-11-15-9-14(4)19-17(10-15)20-16-8-6-5-7-13(16)3/h5-10,12,18H,11H2,1-4H3. The first-order valence-corrected chi connectivity index (χ1v) is 6.99. The number of ether oxygens (including phenoxy) is 1. The molecule has 1 heterocycles. The molecule has 0 saturated carbocycles. The normalized spacial score (nSPS) is 10.8. The van der Waals surface area contributed by atoms with Gasteiger partial charge in [-0.15, -0.1) is 0 Å². The van der Waals surface area contributed by atoms with Gasteiger partial charge in [-0.3, -0.25) is 0 Å². The Morgan fingerprint density at radius 3 is 2.60 bits per heavy atom. The highest BCUT2D eigenvalue weighted by Gasteiger charge is 2.05. The molecule has 0 atom stereocenters. The van der Waals surface area contributed by atoms with Gasteiger partial charge in [0.25, 0.3) is 0 Å². The van der Waals surface area contributed by atoms with E-state index in [-0.39, 0.29) is 0 Å². The molecule has 1 aromatic heterocycles. The maximum Gasteiger partial charge on any atom is 0.219 e. The third-order valence-electron chi connectivity index (χ3n) is 3.01. The fraction of sp³-hybridized carbons (Fsp3) is 0.353. The van der Waals surface area contributed by atoms with Crippen LogP contribution in [0.1, 0.15) is 30.7 Å². The van der Waals surface area contributed by atoms with Gasteiger partial charge in [0.15, 0.2) is 0 Å². The summed E-state index contributed by atoms with van der Waals surface area (Å²) < 4.78 is 5.90. The van der Waals surface area contributed by atoms with E-state index < -0.39 is 0 Å². The number of pyridine rings is 1. The van der Waals surface area contributed by atoms with Crippen LogP contribution in [0.25, 0.3) is 0 Å². The molecule has 0 aliphatic heterocycles. The molecule has 0 spiro atoms. The van der Waals surface area contributed by atoms with Gasteiger partial charge in [-0.1, -0.05) is 32.0 Å². The third-order valence-corrected chi connectivity index (χ3v) is 3.01. The molecule has 1 N–H and O–H groups in total. The van der Waals surface area contributed by atoms with Crippen LogP contribution in [0.5, 0.6) is 11.6 Å². The number of para-hydroxylation sites is 1. The van der Waals surface area contributed by atoms with E-state index in [1.54, 1.807) is 0 Å². The van der Waals surface area contributed by atoms with E-state index in [1.165, 1.54) is 5.56 Å². The molecule has 20 heavy (non-hydrogen) atoms. The lowest BCUT2D eigenvalue weighted by atomic mass is 10.2. The Balaban J connectivity index is 2.17. The number of hydrogen-bond donors (Lipinski definition) is 1. The predicted octanol–water partition coefficient (Wildman–Crippen LogP) is 3.99. The van der Waals surface area contributed by atoms with Crippen LogP contribution in [0.15, 0.2) is 36.4 Å². The van der Waals surface area contributed by atoms with Crippen LogP contribution in [0.2, 0.25) is 0 Å². The molecule has 0 bridgehead atoms. The van der Waals surface area contributed by atoms with Crippen molar-refractivity contribution in [2.75, 3.05) is 0 Å². The molecule has 2 rings (SSSR count). The fourth-order valence-electron chi connectivity index (χ4n) is 1.97. The van der Waals surface area contributed by atoms with Crippen molar-refractivity contribution in [2.24, 2.45) is 0 Å². The first-order chi connectivity index (χ1) is 9.54. The van der Waals surface area contributed by atoms with Gasteiger partial charge in [0.1, 0.15) is 5.75 Å². The molecule has 3 heteroatoms. The monoisotopic (exact) mass is 270 g/mol. The molecule has 0 aliphatic carbocycles. The van der Waals surface area contributed by atoms with Crippen molar-refractivity contribution in [2.45, 2.75) is 40.3 Å². The average molecular weight is 270 g/mol. The Labute approximate surface area is 121 Å². The van der Waals surface area contributed by atoms with Gasteiger partial charge in [-0.25, -0.2) is 4.98 Å². The second kappa shape index (κ2) is 6.53. The van der Waals surface area contributed by atoms with E-state index in [9.17, 15) is 0 Å². The first-order valence-electron chi connectivity index (χ1n) is 6.99. The minimum absolute atomic E-state index is 0.462. The zero-order valence-electron chi connectivity index (χ0n) is 12.6. The Hall–Kier alpha value is -1.87. The van der Waals surface area contributed by atoms with E-state index in [4.69, 9.17) is 4.74 Å². The summed E-state index contributed by atoms with van der Waals surface area (Å²) in [7, 11) is 0. The minimum Gasteiger partial charge on any atom is -0.439 e. The van der Waals surface area contributed by atoms with Crippen molar-refractivity contribution >= 4 is 0 Å². The number of aryl methyl sites for hydroxylation is 2. The lowest BCUT2D eigenvalue weighted by Gasteiger charge is -2.12. The molecule has 0 saturated heterocycles. The summed E-state index contributed by atoms with van der Waals surface area (Å²) in [5, 5.41) is 3.41. The van der Waals surface area contributed by atoms with Gasteiger partial charge in [0, 0.05) is 24.3 Å². The zero-order chi connectivity index (χ0) is 14.5. The third kappa shape index (κ3) is 4.07. The van der Waals surface area contributed by atoms with Crippen LogP contribution in [0.4, 0.5) is 0 Å². The summed E-state index contributed by atoms with van der Waals surface area (Å²) in [5.41, 5.74) is 3.27. The Morgan fingerprint density at radius 2 is 1.90 bits per heavy atom. The summed E-state index contributed by atoms with van der Waals surface area (Å²) in [6, 6.07) is 12.5. The maximum atomic E-state index is 5.90. The van der Waals surface area contributed by atoms with Gasteiger partial charge in [0.2, 0.25) is 5.88 Å². The second-order valence-corrected chi connectivity index (χ2v) is 5.36. The largest absolute Gasteiger partial charge is 0.439 e. The van der Waals surface area contributed by atoms with Crippen molar-refractivity contribution in [1.29, 1.82) is 0 Å². The molecule has 1 aromatic carbocycles. The highest BCUT2D eigenvalue weighted by atomic mass is 16.5. The molecule has 0 unspecified atom stereocenters. The molecule has 3 nitrogen and oxygen atoms in total. The summed E-state index contributed by atoms with van der Waals surface area (Å²) in [6.45, 7) is 9.12. The highest BCUT2D eigenvalue weighted by molar-refractivity contribution is 5.36. The predicted molar refractivity (Wildman–Crippen MR) is 82.2 cm³/mol. The highest BCUT2D eigenvalue weighted by Crippen LogP contribution is 2.24. The van der Waals surface area contributed by atoms with E-state index in [2.05, 4.69) is 30.2 Å². The SMILES string of the molecule is Cc1cc(CNC(C)C)cc(Oc2ccccc2C)n1. The average Bonchev–Trinajstić information content (AvgIpc) is 2.38. The van der Waals surface area contributed by atoms with Crippen LogP contribution in [0, 0.1) is 13.8 Å². The lowest BCUT2D eigenvalue weighted by molar-refractivity contribution is 0.456. The zero-order valence-corrected chi connectivity index (χ0v) is 12.6. The lowest BCUT2D eigenvalue weighted by Crippen LogP contribution is -2.21. The van der Waals surface area contributed by atoms with Crippen molar-refractivity contribution < 1.29 is 4.74 Å². The van der Waals surface area contributed by atoms with Crippen LogP contribution < -0.4 is 10.1 Å². The van der Waals surface area contributed by atoms with Crippen molar-refractivity contribution in [3.8, 4) is 11.6 Å². The Morgan fingerprint density at radius 1 is 1.15 bits per heavy atom. The van der Waals surface area contributed by atoms with Crippen molar-refractivity contribution in [1.82, 2.24) is 10.3 Å². The molecule has 2 aromatic rings. The molecular weight excluding hydrogens is 248 g/mol. The number of hydrogen-bond acceptors (Lipinski definition) is 3.